The highest BCUT2D eigenvalue weighted by molar-refractivity contribution is 6.05. The molecule has 0 aromatic heterocycles. The second kappa shape index (κ2) is 3.31. The topological polar surface area (TPSA) is 55.8 Å². The fraction of sp³-hybridized carbons (Fsp3) is 0.182. The number of allylic oxidation sites excluding steroid dienone is 1. The predicted octanol–water partition coefficient (Wildman–Crippen LogP) is 1.93. The van der Waals surface area contributed by atoms with Gasteiger partial charge in [-0.2, -0.15) is 0 Å². The number of esters is 1. The number of ether oxygens (including phenoxy) is 2. The van der Waals surface area contributed by atoms with Crippen LogP contribution in [0, 0.1) is 0 Å². The second-order valence-electron chi connectivity index (χ2n) is 3.08. The molecule has 0 fully saturated rings. The van der Waals surface area contributed by atoms with E-state index in [-0.39, 0.29) is 17.1 Å². The third-order valence-electron chi connectivity index (χ3n) is 2.30. The van der Waals surface area contributed by atoms with Crippen molar-refractivity contribution < 1.29 is 19.4 Å². The van der Waals surface area contributed by atoms with E-state index in [1.165, 1.54) is 7.11 Å². The fourth-order valence-electron chi connectivity index (χ4n) is 1.57. The van der Waals surface area contributed by atoms with Gasteiger partial charge in [-0.15, -0.1) is 0 Å². The standard InChI is InChI=1S/C11H10O4/c1-3-7-6-4-5-8(14-2)10(12)9(6)11(13)15-7/h3-5,12H,1-2H3/b7-3-. The van der Waals surface area contributed by atoms with Gasteiger partial charge in [0, 0.05) is 5.56 Å². The van der Waals surface area contributed by atoms with Gasteiger partial charge < -0.3 is 14.6 Å². The van der Waals surface area contributed by atoms with Gasteiger partial charge in [0.15, 0.2) is 11.5 Å². The minimum absolute atomic E-state index is 0.169. The molecular formula is C11H10O4. The zero-order valence-electron chi connectivity index (χ0n) is 8.40. The molecule has 1 aliphatic heterocycles. The number of benzene rings is 1. The summed E-state index contributed by atoms with van der Waals surface area (Å²) in [6.07, 6.45) is 1.68. The number of carbonyl (C=O) groups is 1. The largest absolute Gasteiger partial charge is 0.504 e. The van der Waals surface area contributed by atoms with Crippen LogP contribution in [0.4, 0.5) is 0 Å². The summed E-state index contributed by atoms with van der Waals surface area (Å²) in [5.74, 6) is 0.0161. The van der Waals surface area contributed by atoms with Crippen LogP contribution in [0.25, 0.3) is 5.76 Å². The van der Waals surface area contributed by atoms with Gasteiger partial charge >= 0.3 is 5.97 Å². The van der Waals surface area contributed by atoms with Gasteiger partial charge in [0.1, 0.15) is 11.3 Å². The van der Waals surface area contributed by atoms with Gasteiger partial charge in [-0.25, -0.2) is 4.79 Å². The number of cyclic esters (lactones) is 1. The average molecular weight is 206 g/mol. The van der Waals surface area contributed by atoms with Crippen molar-refractivity contribution in [3.8, 4) is 11.5 Å². The number of fused-ring (bicyclic) bond motifs is 1. The number of hydrogen-bond acceptors (Lipinski definition) is 4. The average Bonchev–Trinajstić information content (AvgIpc) is 2.56. The Morgan fingerprint density at radius 2 is 2.20 bits per heavy atom. The Bertz CT molecular complexity index is 460. The third-order valence-corrected chi connectivity index (χ3v) is 2.30. The molecule has 0 radical (unpaired) electrons. The molecule has 0 bridgehead atoms. The SMILES string of the molecule is C/C=C1\OC(=O)c2c1ccc(OC)c2O. The Morgan fingerprint density at radius 3 is 2.80 bits per heavy atom. The molecule has 4 heteroatoms. The van der Waals surface area contributed by atoms with E-state index in [0.717, 1.165) is 0 Å². The minimum atomic E-state index is -0.547. The monoisotopic (exact) mass is 206 g/mol. The van der Waals surface area contributed by atoms with Gasteiger partial charge in [-0.05, 0) is 25.1 Å². The van der Waals surface area contributed by atoms with Crippen LogP contribution in [-0.4, -0.2) is 18.2 Å². The van der Waals surface area contributed by atoms with E-state index in [1.807, 2.05) is 0 Å². The maximum atomic E-state index is 11.4. The second-order valence-corrected chi connectivity index (χ2v) is 3.08. The number of carbonyl (C=O) groups excluding carboxylic acids is 1. The highest BCUT2D eigenvalue weighted by Gasteiger charge is 2.30. The van der Waals surface area contributed by atoms with Crippen LogP contribution in [-0.2, 0) is 4.74 Å². The molecule has 0 saturated carbocycles. The molecule has 0 aliphatic carbocycles. The van der Waals surface area contributed by atoms with Crippen molar-refractivity contribution in [1.82, 2.24) is 0 Å². The van der Waals surface area contributed by atoms with Gasteiger partial charge in [0.25, 0.3) is 0 Å². The number of aromatic hydroxyl groups is 1. The molecule has 0 atom stereocenters. The molecule has 0 spiro atoms. The van der Waals surface area contributed by atoms with E-state index in [4.69, 9.17) is 9.47 Å². The van der Waals surface area contributed by atoms with Gasteiger partial charge in [-0.1, -0.05) is 0 Å². The van der Waals surface area contributed by atoms with Crippen molar-refractivity contribution in [3.05, 3.63) is 29.3 Å². The van der Waals surface area contributed by atoms with Crippen molar-refractivity contribution in [2.24, 2.45) is 0 Å². The summed E-state index contributed by atoms with van der Waals surface area (Å²) >= 11 is 0. The first kappa shape index (κ1) is 9.58. The smallest absolute Gasteiger partial charge is 0.348 e. The van der Waals surface area contributed by atoms with Gasteiger partial charge in [0.2, 0.25) is 0 Å². The van der Waals surface area contributed by atoms with Crippen LogP contribution in [0.2, 0.25) is 0 Å². The molecule has 78 valence electrons. The van der Waals surface area contributed by atoms with Crippen molar-refractivity contribution in [1.29, 1.82) is 0 Å². The molecule has 4 nitrogen and oxygen atoms in total. The number of phenols is 1. The number of methoxy groups -OCH3 is 1. The zero-order valence-corrected chi connectivity index (χ0v) is 8.40. The highest BCUT2D eigenvalue weighted by atomic mass is 16.5. The lowest BCUT2D eigenvalue weighted by Gasteiger charge is -2.04. The molecule has 1 aromatic rings. The Hall–Kier alpha value is -1.97. The molecular weight excluding hydrogens is 196 g/mol. The fourth-order valence-corrected chi connectivity index (χ4v) is 1.57. The summed E-state index contributed by atoms with van der Waals surface area (Å²) in [4.78, 5) is 11.4. The zero-order chi connectivity index (χ0) is 11.0. The normalized spacial score (nSPS) is 16.4. The maximum absolute atomic E-state index is 11.4. The molecule has 0 saturated heterocycles. The van der Waals surface area contributed by atoms with Crippen molar-refractivity contribution in [2.45, 2.75) is 6.92 Å². The minimum Gasteiger partial charge on any atom is -0.504 e. The Labute approximate surface area is 86.7 Å². The summed E-state index contributed by atoms with van der Waals surface area (Å²) in [6.45, 7) is 1.76. The molecule has 0 unspecified atom stereocenters. The number of rotatable bonds is 1. The van der Waals surface area contributed by atoms with E-state index < -0.39 is 5.97 Å². The first-order valence-corrected chi connectivity index (χ1v) is 4.48. The number of phenolic OH excluding ortho intramolecular Hbond substituents is 1. The molecule has 2 rings (SSSR count). The van der Waals surface area contributed by atoms with Crippen molar-refractivity contribution in [3.63, 3.8) is 0 Å². The summed E-state index contributed by atoms with van der Waals surface area (Å²) < 4.78 is 9.88. The Morgan fingerprint density at radius 1 is 1.47 bits per heavy atom. The first-order chi connectivity index (χ1) is 7.19. The molecule has 1 aromatic carbocycles. The highest BCUT2D eigenvalue weighted by Crippen LogP contribution is 2.40. The van der Waals surface area contributed by atoms with Crippen LogP contribution < -0.4 is 4.74 Å². The lowest BCUT2D eigenvalue weighted by molar-refractivity contribution is 0.0712. The lowest BCUT2D eigenvalue weighted by atomic mass is 10.1. The summed E-state index contributed by atoms with van der Waals surface area (Å²) in [6, 6.07) is 3.29. The lowest BCUT2D eigenvalue weighted by Crippen LogP contribution is -1.95. The van der Waals surface area contributed by atoms with Crippen LogP contribution in [0.3, 0.4) is 0 Å². The van der Waals surface area contributed by atoms with E-state index >= 15 is 0 Å². The van der Waals surface area contributed by atoms with E-state index in [0.29, 0.717) is 11.3 Å². The van der Waals surface area contributed by atoms with E-state index in [1.54, 1.807) is 25.1 Å². The number of hydrogen-bond donors (Lipinski definition) is 1. The predicted molar refractivity (Wildman–Crippen MR) is 53.7 cm³/mol. The van der Waals surface area contributed by atoms with E-state index in [9.17, 15) is 9.90 Å². The van der Waals surface area contributed by atoms with Crippen molar-refractivity contribution >= 4 is 11.7 Å². The summed E-state index contributed by atoms with van der Waals surface area (Å²) in [7, 11) is 1.43. The summed E-state index contributed by atoms with van der Waals surface area (Å²) in [5, 5.41) is 9.74. The third kappa shape index (κ3) is 1.26. The van der Waals surface area contributed by atoms with Crippen LogP contribution in [0.5, 0.6) is 11.5 Å². The van der Waals surface area contributed by atoms with E-state index in [2.05, 4.69) is 0 Å². The van der Waals surface area contributed by atoms with Gasteiger partial charge in [0.05, 0.1) is 7.11 Å². The molecule has 1 N–H and O–H groups in total. The molecule has 15 heavy (non-hydrogen) atoms. The molecule has 1 heterocycles. The summed E-state index contributed by atoms with van der Waals surface area (Å²) in [5.41, 5.74) is 0.767. The quantitative estimate of drug-likeness (QED) is 0.713. The maximum Gasteiger partial charge on any atom is 0.348 e. The molecule has 1 aliphatic rings. The Balaban J connectivity index is 2.69. The van der Waals surface area contributed by atoms with Crippen molar-refractivity contribution in [2.75, 3.05) is 7.11 Å². The van der Waals surface area contributed by atoms with Crippen LogP contribution in [0.15, 0.2) is 18.2 Å². The van der Waals surface area contributed by atoms with Crippen LogP contribution in [0.1, 0.15) is 22.8 Å². The van der Waals surface area contributed by atoms with Gasteiger partial charge in [-0.3, -0.25) is 0 Å². The first-order valence-electron chi connectivity index (χ1n) is 4.48. The molecule has 0 amide bonds. The van der Waals surface area contributed by atoms with Crippen LogP contribution >= 0.6 is 0 Å². The Kier molecular flexibility index (Phi) is 2.11.